The van der Waals surface area contributed by atoms with Crippen LogP contribution in [-0.2, 0) is 4.79 Å². The van der Waals surface area contributed by atoms with E-state index in [1.54, 1.807) is 0 Å². The standard InChI is InChI=1S/C18H19FN6O2S/c19-12-8-6-11(7-9-12)15-16(27)21-17-22-23-18(25(17)24-15)28-10-14(26)20-13-4-2-1-3-5-13/h6-9,13H,1-5,10H2,(H,20,26)(H,21,22,27). The maximum Gasteiger partial charge on any atom is 0.279 e. The summed E-state index contributed by atoms with van der Waals surface area (Å²) in [7, 11) is 0. The number of amides is 1. The number of aromatic amines is 1. The smallest absolute Gasteiger partial charge is 0.279 e. The Labute approximate surface area is 163 Å². The highest BCUT2D eigenvalue weighted by Crippen LogP contribution is 2.19. The summed E-state index contributed by atoms with van der Waals surface area (Å²) in [6.45, 7) is 0. The molecule has 1 fully saturated rings. The van der Waals surface area contributed by atoms with Crippen LogP contribution in [0.3, 0.4) is 0 Å². The van der Waals surface area contributed by atoms with E-state index in [-0.39, 0.29) is 29.2 Å². The fourth-order valence-corrected chi connectivity index (χ4v) is 3.96. The maximum absolute atomic E-state index is 13.1. The number of aromatic nitrogens is 5. The van der Waals surface area contributed by atoms with E-state index in [2.05, 4.69) is 25.6 Å². The highest BCUT2D eigenvalue weighted by Gasteiger charge is 2.18. The molecule has 0 spiro atoms. The van der Waals surface area contributed by atoms with E-state index in [1.165, 1.54) is 47.0 Å². The Morgan fingerprint density at radius 1 is 1.21 bits per heavy atom. The van der Waals surface area contributed by atoms with Crippen molar-refractivity contribution in [1.29, 1.82) is 0 Å². The van der Waals surface area contributed by atoms with Crippen LogP contribution in [-0.4, -0.2) is 42.5 Å². The van der Waals surface area contributed by atoms with E-state index in [9.17, 15) is 14.0 Å². The van der Waals surface area contributed by atoms with Crippen molar-refractivity contribution in [2.45, 2.75) is 43.3 Å². The van der Waals surface area contributed by atoms with Gasteiger partial charge in [0.05, 0.1) is 5.75 Å². The van der Waals surface area contributed by atoms with Crippen LogP contribution < -0.4 is 10.9 Å². The highest BCUT2D eigenvalue weighted by atomic mass is 32.2. The van der Waals surface area contributed by atoms with Gasteiger partial charge in [-0.05, 0) is 37.1 Å². The van der Waals surface area contributed by atoms with E-state index < -0.39 is 11.4 Å². The number of carbonyl (C=O) groups excluding carboxylic acids is 1. The Hall–Kier alpha value is -2.75. The normalized spacial score (nSPS) is 15.0. The van der Waals surface area contributed by atoms with Gasteiger partial charge >= 0.3 is 0 Å². The van der Waals surface area contributed by atoms with Crippen molar-refractivity contribution in [2.75, 3.05) is 5.75 Å². The van der Waals surface area contributed by atoms with Crippen LogP contribution >= 0.6 is 11.8 Å². The van der Waals surface area contributed by atoms with Crippen molar-refractivity contribution in [3.8, 4) is 11.3 Å². The Morgan fingerprint density at radius 2 is 1.96 bits per heavy atom. The zero-order valence-electron chi connectivity index (χ0n) is 15.0. The summed E-state index contributed by atoms with van der Waals surface area (Å²) in [5, 5.41) is 15.7. The van der Waals surface area contributed by atoms with E-state index in [0.717, 1.165) is 25.7 Å². The van der Waals surface area contributed by atoms with Gasteiger partial charge in [-0.25, -0.2) is 4.39 Å². The van der Waals surface area contributed by atoms with E-state index >= 15 is 0 Å². The molecule has 1 aromatic carbocycles. The van der Waals surface area contributed by atoms with Crippen LogP contribution in [0.15, 0.2) is 34.2 Å². The lowest BCUT2D eigenvalue weighted by Crippen LogP contribution is -2.37. The molecule has 0 atom stereocenters. The number of rotatable bonds is 5. The predicted octanol–water partition coefficient (Wildman–Crippen LogP) is 2.16. The van der Waals surface area contributed by atoms with Gasteiger partial charge < -0.3 is 5.32 Å². The average Bonchev–Trinajstić information content (AvgIpc) is 3.09. The topological polar surface area (TPSA) is 105 Å². The lowest BCUT2D eigenvalue weighted by molar-refractivity contribution is -0.119. The van der Waals surface area contributed by atoms with Crippen molar-refractivity contribution in [3.05, 3.63) is 40.4 Å². The third-order valence-electron chi connectivity index (χ3n) is 4.67. The molecule has 0 saturated heterocycles. The summed E-state index contributed by atoms with van der Waals surface area (Å²) >= 11 is 1.20. The SMILES string of the molecule is O=C(CSc1nnc2[nH]c(=O)c(-c3ccc(F)cc3)nn12)NC1CCCCC1. The van der Waals surface area contributed by atoms with E-state index in [4.69, 9.17) is 0 Å². The van der Waals surface area contributed by atoms with Crippen LogP contribution in [0.4, 0.5) is 4.39 Å². The fraction of sp³-hybridized carbons (Fsp3) is 0.389. The Balaban J connectivity index is 1.51. The van der Waals surface area contributed by atoms with Crippen molar-refractivity contribution in [1.82, 2.24) is 30.1 Å². The molecule has 0 aliphatic heterocycles. The molecule has 2 N–H and O–H groups in total. The van der Waals surface area contributed by atoms with Gasteiger partial charge in [0.1, 0.15) is 5.82 Å². The molecule has 0 bridgehead atoms. The summed E-state index contributed by atoms with van der Waals surface area (Å²) in [6.07, 6.45) is 5.57. The molecule has 0 unspecified atom stereocenters. The van der Waals surface area contributed by atoms with Gasteiger partial charge in [-0.1, -0.05) is 31.0 Å². The number of carbonyl (C=O) groups is 1. The second-order valence-corrected chi connectivity index (χ2v) is 7.66. The van der Waals surface area contributed by atoms with Gasteiger partial charge in [-0.2, -0.15) is 9.61 Å². The molecule has 4 rings (SSSR count). The Morgan fingerprint density at radius 3 is 2.71 bits per heavy atom. The first-order chi connectivity index (χ1) is 13.6. The van der Waals surface area contributed by atoms with Gasteiger partial charge in [-0.15, -0.1) is 10.2 Å². The minimum atomic E-state index is -0.446. The molecular formula is C18H19FN6O2S. The molecule has 146 valence electrons. The number of nitrogens with zero attached hydrogens (tertiary/aromatic N) is 4. The van der Waals surface area contributed by atoms with E-state index in [1.807, 2.05) is 0 Å². The second-order valence-electron chi connectivity index (χ2n) is 6.72. The minimum Gasteiger partial charge on any atom is -0.353 e. The molecule has 28 heavy (non-hydrogen) atoms. The zero-order chi connectivity index (χ0) is 19.5. The van der Waals surface area contributed by atoms with Crippen LogP contribution in [0.1, 0.15) is 32.1 Å². The third kappa shape index (κ3) is 4.06. The lowest BCUT2D eigenvalue weighted by Gasteiger charge is -2.22. The highest BCUT2D eigenvalue weighted by molar-refractivity contribution is 7.99. The van der Waals surface area contributed by atoms with Crippen LogP contribution in [0.25, 0.3) is 17.0 Å². The first-order valence-electron chi connectivity index (χ1n) is 9.14. The first kappa shape index (κ1) is 18.6. The van der Waals surface area contributed by atoms with Crippen molar-refractivity contribution in [3.63, 3.8) is 0 Å². The quantitative estimate of drug-likeness (QED) is 0.634. The third-order valence-corrected chi connectivity index (χ3v) is 5.59. The van der Waals surface area contributed by atoms with Gasteiger partial charge in [0, 0.05) is 11.6 Å². The van der Waals surface area contributed by atoms with Gasteiger partial charge in [-0.3, -0.25) is 14.6 Å². The van der Waals surface area contributed by atoms with Crippen molar-refractivity contribution in [2.24, 2.45) is 0 Å². The molecule has 1 aliphatic rings. The van der Waals surface area contributed by atoms with Crippen LogP contribution in [0.2, 0.25) is 0 Å². The molecule has 8 nitrogen and oxygen atoms in total. The largest absolute Gasteiger partial charge is 0.353 e. The number of hydrogen-bond donors (Lipinski definition) is 2. The molecule has 1 amide bonds. The van der Waals surface area contributed by atoms with Crippen molar-refractivity contribution >= 4 is 23.4 Å². The first-order valence-corrected chi connectivity index (χ1v) is 10.1. The molecule has 1 aliphatic carbocycles. The number of thioether (sulfide) groups is 1. The summed E-state index contributed by atoms with van der Waals surface area (Å²) in [4.78, 5) is 27.1. The summed E-state index contributed by atoms with van der Waals surface area (Å²) in [5.41, 5.74) is 0.156. The lowest BCUT2D eigenvalue weighted by atomic mass is 9.95. The maximum atomic E-state index is 13.1. The summed E-state index contributed by atoms with van der Waals surface area (Å²) in [6, 6.07) is 5.73. The Bertz CT molecular complexity index is 1040. The zero-order valence-corrected chi connectivity index (χ0v) is 15.8. The monoisotopic (exact) mass is 402 g/mol. The molecule has 1 saturated carbocycles. The molecule has 3 aromatic rings. The van der Waals surface area contributed by atoms with Gasteiger partial charge in [0.25, 0.3) is 11.3 Å². The Kier molecular flexibility index (Phi) is 5.38. The number of fused-ring (bicyclic) bond motifs is 1. The van der Waals surface area contributed by atoms with Crippen LogP contribution in [0.5, 0.6) is 0 Å². The summed E-state index contributed by atoms with van der Waals surface area (Å²) < 4.78 is 14.5. The number of H-pyrrole nitrogens is 1. The van der Waals surface area contributed by atoms with E-state index in [0.29, 0.717) is 10.7 Å². The number of hydrogen-bond acceptors (Lipinski definition) is 6. The summed E-state index contributed by atoms with van der Waals surface area (Å²) in [5.74, 6) is -0.0853. The number of nitrogens with one attached hydrogen (secondary N) is 2. The minimum absolute atomic E-state index is 0.0585. The predicted molar refractivity (Wildman–Crippen MR) is 103 cm³/mol. The van der Waals surface area contributed by atoms with Gasteiger partial charge in [0.2, 0.25) is 11.1 Å². The van der Waals surface area contributed by atoms with Crippen LogP contribution in [0, 0.1) is 5.82 Å². The number of halogens is 1. The van der Waals surface area contributed by atoms with Crippen molar-refractivity contribution < 1.29 is 9.18 Å². The second kappa shape index (κ2) is 8.09. The van der Waals surface area contributed by atoms with Gasteiger partial charge in [0.15, 0.2) is 5.69 Å². The average molecular weight is 402 g/mol. The molecular weight excluding hydrogens is 383 g/mol. The number of benzene rings is 1. The molecule has 10 heteroatoms. The molecule has 2 heterocycles. The fourth-order valence-electron chi connectivity index (χ4n) is 3.27. The molecule has 0 radical (unpaired) electrons. The molecule has 2 aromatic heterocycles.